The van der Waals surface area contributed by atoms with Gasteiger partial charge in [0.1, 0.15) is 11.5 Å². The zero-order valence-electron chi connectivity index (χ0n) is 11.8. The van der Waals surface area contributed by atoms with Crippen LogP contribution in [-0.2, 0) is 10.1 Å². The molecular formula is C15H9ClFN3O3S. The molecule has 0 spiro atoms. The van der Waals surface area contributed by atoms with Crippen molar-refractivity contribution in [3.63, 3.8) is 0 Å². The van der Waals surface area contributed by atoms with E-state index in [2.05, 4.69) is 15.2 Å². The van der Waals surface area contributed by atoms with Crippen molar-refractivity contribution in [2.75, 3.05) is 0 Å². The van der Waals surface area contributed by atoms with Crippen LogP contribution in [-0.4, -0.2) is 28.2 Å². The first kappa shape index (κ1) is 15.1. The quantitative estimate of drug-likeness (QED) is 0.471. The van der Waals surface area contributed by atoms with Crippen LogP contribution in [0.5, 0.6) is 0 Å². The summed E-state index contributed by atoms with van der Waals surface area (Å²) >= 11 is 5.76. The van der Waals surface area contributed by atoms with E-state index in [9.17, 15) is 12.8 Å². The molecule has 2 aromatic heterocycles. The van der Waals surface area contributed by atoms with Crippen LogP contribution >= 0.6 is 11.6 Å². The highest BCUT2D eigenvalue weighted by Gasteiger charge is 2.15. The average Bonchev–Trinajstić information content (AvgIpc) is 3.09. The lowest BCUT2D eigenvalue weighted by Crippen LogP contribution is -1.96. The molecule has 0 radical (unpaired) electrons. The zero-order valence-corrected chi connectivity index (χ0v) is 13.4. The molecule has 2 heterocycles. The van der Waals surface area contributed by atoms with Crippen molar-refractivity contribution in [3.8, 4) is 11.4 Å². The fourth-order valence-electron chi connectivity index (χ4n) is 2.62. The summed E-state index contributed by atoms with van der Waals surface area (Å²) in [7, 11) is -4.28. The summed E-state index contributed by atoms with van der Waals surface area (Å²) in [6, 6.07) is 8.57. The Kier molecular flexibility index (Phi) is 3.17. The van der Waals surface area contributed by atoms with Crippen LogP contribution in [0.25, 0.3) is 33.2 Å². The van der Waals surface area contributed by atoms with E-state index in [-0.39, 0.29) is 9.92 Å². The monoisotopic (exact) mass is 365 g/mol. The standard InChI is InChI=1S/C15H9ClFN3O3S/c16-10-6-13-9(5-11(10)17)15(20-19-13)14-4-7-3-8(24(21,22)23)1-2-12(7)18-14/h1-6,18H,(H,19,20)(H,21,22,23). The minimum absolute atomic E-state index is 0.00728. The molecule has 0 unspecified atom stereocenters. The fraction of sp³-hybridized carbons (Fsp3) is 0. The van der Waals surface area contributed by atoms with E-state index in [1.54, 1.807) is 6.07 Å². The van der Waals surface area contributed by atoms with Crippen molar-refractivity contribution in [2.45, 2.75) is 4.90 Å². The molecule has 0 aliphatic rings. The topological polar surface area (TPSA) is 98.8 Å². The molecule has 3 N–H and O–H groups in total. The molecule has 9 heteroatoms. The van der Waals surface area contributed by atoms with Crippen molar-refractivity contribution >= 4 is 43.5 Å². The minimum atomic E-state index is -4.28. The van der Waals surface area contributed by atoms with Crippen LogP contribution in [0.2, 0.25) is 5.02 Å². The number of aromatic nitrogens is 3. The molecule has 0 saturated heterocycles. The van der Waals surface area contributed by atoms with Gasteiger partial charge in [-0.25, -0.2) is 4.39 Å². The Hall–Kier alpha value is -2.42. The fourth-order valence-corrected chi connectivity index (χ4v) is 3.30. The highest BCUT2D eigenvalue weighted by Crippen LogP contribution is 2.31. The van der Waals surface area contributed by atoms with E-state index >= 15 is 0 Å². The van der Waals surface area contributed by atoms with Gasteiger partial charge < -0.3 is 4.98 Å². The predicted octanol–water partition coefficient (Wildman–Crippen LogP) is 3.75. The van der Waals surface area contributed by atoms with Crippen LogP contribution in [0.15, 0.2) is 41.3 Å². The number of nitrogens with one attached hydrogen (secondary N) is 2. The molecule has 0 saturated carbocycles. The highest BCUT2D eigenvalue weighted by atomic mass is 35.5. The number of rotatable bonds is 2. The Labute approximate surface area is 140 Å². The summed E-state index contributed by atoms with van der Waals surface area (Å²) in [6.07, 6.45) is 0. The number of nitrogens with zero attached hydrogens (tertiary/aromatic N) is 1. The molecule has 0 atom stereocenters. The third kappa shape index (κ3) is 2.35. The first-order valence-corrected chi connectivity index (χ1v) is 8.58. The number of benzene rings is 2. The molecule has 122 valence electrons. The Morgan fingerprint density at radius 1 is 1.12 bits per heavy atom. The molecule has 6 nitrogen and oxygen atoms in total. The molecule has 24 heavy (non-hydrogen) atoms. The second-order valence-corrected chi connectivity index (χ2v) is 7.12. The van der Waals surface area contributed by atoms with Crippen molar-refractivity contribution < 1.29 is 17.4 Å². The van der Waals surface area contributed by atoms with Crippen LogP contribution in [0, 0.1) is 5.82 Å². The summed E-state index contributed by atoms with van der Waals surface area (Å²) in [5.41, 5.74) is 2.28. The summed E-state index contributed by atoms with van der Waals surface area (Å²) in [4.78, 5) is 2.89. The van der Waals surface area contributed by atoms with Gasteiger partial charge in [-0.05, 0) is 36.4 Å². The van der Waals surface area contributed by atoms with Gasteiger partial charge in [0.15, 0.2) is 0 Å². The van der Waals surface area contributed by atoms with Crippen molar-refractivity contribution in [3.05, 3.63) is 47.2 Å². The van der Waals surface area contributed by atoms with Gasteiger partial charge in [0, 0.05) is 16.3 Å². The van der Waals surface area contributed by atoms with Gasteiger partial charge in [-0.1, -0.05) is 11.6 Å². The average molecular weight is 366 g/mol. The molecule has 0 aliphatic carbocycles. The maximum Gasteiger partial charge on any atom is 0.294 e. The lowest BCUT2D eigenvalue weighted by Gasteiger charge is -1.96. The van der Waals surface area contributed by atoms with Gasteiger partial charge in [-0.15, -0.1) is 0 Å². The lowest BCUT2D eigenvalue weighted by atomic mass is 10.1. The lowest BCUT2D eigenvalue weighted by molar-refractivity contribution is 0.483. The normalized spacial score (nSPS) is 12.3. The SMILES string of the molecule is O=S(=O)(O)c1ccc2[nH]c(-c3n[nH]c4cc(Cl)c(F)cc34)cc2c1. The first-order valence-electron chi connectivity index (χ1n) is 6.77. The second-order valence-electron chi connectivity index (χ2n) is 5.29. The van der Waals surface area contributed by atoms with Crippen LogP contribution < -0.4 is 0 Å². The summed E-state index contributed by atoms with van der Waals surface area (Å²) in [6.45, 7) is 0. The third-order valence-electron chi connectivity index (χ3n) is 3.75. The maximum atomic E-state index is 13.7. The number of fused-ring (bicyclic) bond motifs is 2. The molecule has 2 aromatic carbocycles. The molecule has 0 aliphatic heterocycles. The Bertz CT molecular complexity index is 1210. The van der Waals surface area contributed by atoms with E-state index in [0.29, 0.717) is 33.2 Å². The number of halogens is 2. The summed E-state index contributed by atoms with van der Waals surface area (Å²) < 4.78 is 45.3. The molecule has 0 amide bonds. The molecule has 4 aromatic rings. The number of hydrogen-bond donors (Lipinski definition) is 3. The molecule has 0 fully saturated rings. The van der Waals surface area contributed by atoms with E-state index in [1.165, 1.54) is 30.3 Å². The van der Waals surface area contributed by atoms with Crippen LogP contribution in [0.3, 0.4) is 0 Å². The van der Waals surface area contributed by atoms with E-state index in [1.807, 2.05) is 0 Å². The Morgan fingerprint density at radius 3 is 2.67 bits per heavy atom. The van der Waals surface area contributed by atoms with Crippen LogP contribution in [0.4, 0.5) is 4.39 Å². The first-order chi connectivity index (χ1) is 11.3. The minimum Gasteiger partial charge on any atom is -0.353 e. The van der Waals surface area contributed by atoms with E-state index in [4.69, 9.17) is 16.2 Å². The van der Waals surface area contributed by atoms with Gasteiger partial charge in [0.2, 0.25) is 0 Å². The van der Waals surface area contributed by atoms with Crippen molar-refractivity contribution in [1.82, 2.24) is 15.2 Å². The van der Waals surface area contributed by atoms with E-state index in [0.717, 1.165) is 0 Å². The van der Waals surface area contributed by atoms with Crippen molar-refractivity contribution in [2.24, 2.45) is 0 Å². The second kappa shape index (κ2) is 5.04. The van der Waals surface area contributed by atoms with E-state index < -0.39 is 15.9 Å². The Morgan fingerprint density at radius 2 is 1.92 bits per heavy atom. The van der Waals surface area contributed by atoms with Gasteiger partial charge in [0.05, 0.1) is 21.1 Å². The molecule has 0 bridgehead atoms. The highest BCUT2D eigenvalue weighted by molar-refractivity contribution is 7.85. The summed E-state index contributed by atoms with van der Waals surface area (Å²) in [5, 5.41) is 8.05. The van der Waals surface area contributed by atoms with Crippen LogP contribution in [0.1, 0.15) is 0 Å². The Balaban J connectivity index is 1.92. The smallest absolute Gasteiger partial charge is 0.294 e. The zero-order chi connectivity index (χ0) is 17.1. The van der Waals surface area contributed by atoms with Gasteiger partial charge in [-0.3, -0.25) is 9.65 Å². The summed E-state index contributed by atoms with van der Waals surface area (Å²) in [5.74, 6) is -0.559. The number of aromatic amines is 2. The predicted molar refractivity (Wildman–Crippen MR) is 88.2 cm³/mol. The van der Waals surface area contributed by atoms with Gasteiger partial charge in [0.25, 0.3) is 10.1 Å². The largest absolute Gasteiger partial charge is 0.353 e. The third-order valence-corrected chi connectivity index (χ3v) is 4.89. The van der Waals surface area contributed by atoms with Gasteiger partial charge in [-0.2, -0.15) is 13.5 Å². The number of H-pyrrole nitrogens is 2. The number of hydrogen-bond acceptors (Lipinski definition) is 3. The maximum absolute atomic E-state index is 13.7. The molecule has 4 rings (SSSR count). The van der Waals surface area contributed by atoms with Crippen molar-refractivity contribution in [1.29, 1.82) is 0 Å². The van der Waals surface area contributed by atoms with Gasteiger partial charge >= 0.3 is 0 Å². The molecular weight excluding hydrogens is 357 g/mol.